The Kier molecular flexibility index (Phi) is 5.11. The summed E-state index contributed by atoms with van der Waals surface area (Å²) in [6.45, 7) is 1.84. The lowest BCUT2D eigenvalue weighted by Gasteiger charge is -2.30. The van der Waals surface area contributed by atoms with Crippen molar-refractivity contribution in [2.75, 3.05) is 52.5 Å². The summed E-state index contributed by atoms with van der Waals surface area (Å²) in [5.41, 5.74) is 1.77. The normalized spacial score (nSPS) is 15.4. The second-order valence-electron chi connectivity index (χ2n) is 6.13. The van der Waals surface area contributed by atoms with Gasteiger partial charge in [-0.2, -0.15) is 0 Å². The van der Waals surface area contributed by atoms with E-state index >= 15 is 0 Å². The van der Waals surface area contributed by atoms with Gasteiger partial charge in [0.1, 0.15) is 6.61 Å². The second-order valence-corrected chi connectivity index (χ2v) is 6.13. The lowest BCUT2D eigenvalue weighted by molar-refractivity contribution is 0.0692. The summed E-state index contributed by atoms with van der Waals surface area (Å²) in [5.74, 6) is -0.00159. The van der Waals surface area contributed by atoms with Crippen molar-refractivity contribution in [2.24, 2.45) is 0 Å². The molecule has 2 aromatic carbocycles. The van der Waals surface area contributed by atoms with Crippen LogP contribution in [0.4, 0.5) is 5.69 Å². The van der Waals surface area contributed by atoms with Gasteiger partial charge >= 0.3 is 0 Å². The Balaban J connectivity index is 0.000000349. The number of amides is 2. The second kappa shape index (κ2) is 7.31. The fraction of sp³-hybridized carbons (Fsp3) is 0.368. The maximum Gasteiger partial charge on any atom is 0.265 e. The minimum absolute atomic E-state index is 0.122. The lowest BCUT2D eigenvalue weighted by Crippen LogP contribution is -2.30. The number of hydrogen-bond donors (Lipinski definition) is 1. The highest BCUT2D eigenvalue weighted by Crippen LogP contribution is 2.46. The minimum Gasteiger partial charge on any atom is -0.489 e. The van der Waals surface area contributed by atoms with Crippen LogP contribution in [0.5, 0.6) is 5.75 Å². The van der Waals surface area contributed by atoms with Crippen LogP contribution < -0.4 is 9.64 Å². The van der Waals surface area contributed by atoms with Gasteiger partial charge in [-0.25, -0.2) is 0 Å². The van der Waals surface area contributed by atoms with Gasteiger partial charge in [0.25, 0.3) is 11.8 Å². The van der Waals surface area contributed by atoms with E-state index in [2.05, 4.69) is 9.64 Å². The van der Waals surface area contributed by atoms with Crippen LogP contribution in [0.15, 0.2) is 24.3 Å². The molecule has 0 spiro atoms. The summed E-state index contributed by atoms with van der Waals surface area (Å²) in [5, 5.41) is 9.70. The molecule has 0 aromatic heterocycles. The lowest BCUT2D eigenvalue weighted by atomic mass is 9.96. The number of anilines is 1. The summed E-state index contributed by atoms with van der Waals surface area (Å²) in [7, 11) is 5.04. The molecular weight excluding hydrogens is 336 g/mol. The molecule has 0 fully saturated rings. The molecule has 2 amide bonds. The van der Waals surface area contributed by atoms with Crippen LogP contribution in [0, 0.1) is 0 Å². The molecule has 0 radical (unpaired) electrons. The molecule has 0 bridgehead atoms. The zero-order chi connectivity index (χ0) is 18.8. The van der Waals surface area contributed by atoms with Crippen molar-refractivity contribution in [3.05, 3.63) is 35.4 Å². The van der Waals surface area contributed by atoms with Crippen LogP contribution in [0.1, 0.15) is 20.7 Å². The Labute approximate surface area is 151 Å². The number of carbonyl (C=O) groups is 2. The number of carbonyl (C=O) groups excluding carboxylic acids is 2. The van der Waals surface area contributed by atoms with Crippen molar-refractivity contribution >= 4 is 28.3 Å². The maximum absolute atomic E-state index is 12.4. The smallest absolute Gasteiger partial charge is 0.265 e. The van der Waals surface area contributed by atoms with E-state index in [0.29, 0.717) is 30.1 Å². The first-order chi connectivity index (χ1) is 12.5. The number of methoxy groups -OCH3 is 1. The Morgan fingerprint density at radius 1 is 1.12 bits per heavy atom. The number of imide groups is 1. The maximum atomic E-state index is 12.4. The molecule has 7 nitrogen and oxygen atoms in total. The molecule has 2 heterocycles. The zero-order valence-corrected chi connectivity index (χ0v) is 15.1. The monoisotopic (exact) mass is 358 g/mol. The van der Waals surface area contributed by atoms with E-state index in [1.807, 2.05) is 31.3 Å². The molecule has 1 N–H and O–H groups in total. The summed E-state index contributed by atoms with van der Waals surface area (Å²) in [6, 6.07) is 7.67. The van der Waals surface area contributed by atoms with Gasteiger partial charge in [-0.1, -0.05) is 24.3 Å². The highest BCUT2D eigenvalue weighted by molar-refractivity contribution is 6.29. The van der Waals surface area contributed by atoms with Crippen LogP contribution in [0.25, 0.3) is 10.8 Å². The number of benzene rings is 2. The van der Waals surface area contributed by atoms with E-state index in [1.165, 1.54) is 7.05 Å². The van der Waals surface area contributed by atoms with E-state index in [4.69, 9.17) is 9.84 Å². The van der Waals surface area contributed by atoms with E-state index in [9.17, 15) is 9.59 Å². The van der Waals surface area contributed by atoms with E-state index in [1.54, 1.807) is 7.11 Å². The number of likely N-dealkylation sites (N-methyl/N-ethyl adjacent to an activating group) is 1. The van der Waals surface area contributed by atoms with Crippen molar-refractivity contribution in [3.8, 4) is 5.75 Å². The van der Waals surface area contributed by atoms with Crippen molar-refractivity contribution < 1.29 is 24.2 Å². The van der Waals surface area contributed by atoms with Crippen LogP contribution >= 0.6 is 0 Å². The first kappa shape index (κ1) is 18.2. The molecular formula is C19H22N2O5. The molecule has 26 heavy (non-hydrogen) atoms. The van der Waals surface area contributed by atoms with Gasteiger partial charge in [0.15, 0.2) is 5.75 Å². The van der Waals surface area contributed by atoms with Crippen molar-refractivity contribution in [1.29, 1.82) is 0 Å². The third-order valence-corrected chi connectivity index (χ3v) is 4.53. The van der Waals surface area contributed by atoms with Crippen molar-refractivity contribution in [1.82, 2.24) is 4.90 Å². The summed E-state index contributed by atoms with van der Waals surface area (Å²) in [6.07, 6.45) is 0. The molecule has 0 saturated carbocycles. The number of rotatable bonds is 2. The predicted molar refractivity (Wildman–Crippen MR) is 98.1 cm³/mol. The quantitative estimate of drug-likeness (QED) is 0.820. The molecule has 138 valence electrons. The summed E-state index contributed by atoms with van der Waals surface area (Å²) >= 11 is 0. The van der Waals surface area contributed by atoms with E-state index < -0.39 is 0 Å². The summed E-state index contributed by atoms with van der Waals surface area (Å²) in [4.78, 5) is 28.1. The number of fused-ring (bicyclic) bond motifs is 6. The number of aliphatic hydroxyl groups is 1. The molecule has 2 aliphatic heterocycles. The number of ether oxygens (including phenoxy) is 2. The van der Waals surface area contributed by atoms with Gasteiger partial charge in [0.05, 0.1) is 36.6 Å². The number of aliphatic hydroxyl groups excluding tert-OH is 1. The average Bonchev–Trinajstić information content (AvgIpc) is 2.88. The molecule has 0 unspecified atom stereocenters. The molecule has 0 aliphatic carbocycles. The number of hydrogen-bond acceptors (Lipinski definition) is 6. The summed E-state index contributed by atoms with van der Waals surface area (Å²) < 4.78 is 10.2. The predicted octanol–water partition coefficient (Wildman–Crippen LogP) is 1.52. The van der Waals surface area contributed by atoms with Gasteiger partial charge in [0, 0.05) is 26.6 Å². The molecule has 2 aromatic rings. The average molecular weight is 358 g/mol. The largest absolute Gasteiger partial charge is 0.489 e. The molecule has 7 heteroatoms. The highest BCUT2D eigenvalue weighted by atomic mass is 16.5. The van der Waals surface area contributed by atoms with Crippen molar-refractivity contribution in [2.45, 2.75) is 0 Å². The van der Waals surface area contributed by atoms with Gasteiger partial charge in [0.2, 0.25) is 0 Å². The van der Waals surface area contributed by atoms with E-state index in [-0.39, 0.29) is 18.4 Å². The highest BCUT2D eigenvalue weighted by Gasteiger charge is 2.40. The fourth-order valence-corrected chi connectivity index (χ4v) is 3.26. The minimum atomic E-state index is -0.285. The topological polar surface area (TPSA) is 79.3 Å². The molecule has 0 atom stereocenters. The van der Waals surface area contributed by atoms with Gasteiger partial charge in [-0.3, -0.25) is 14.5 Å². The van der Waals surface area contributed by atoms with Crippen LogP contribution in [-0.4, -0.2) is 69.4 Å². The molecule has 0 saturated heterocycles. The first-order valence-electron chi connectivity index (χ1n) is 8.37. The van der Waals surface area contributed by atoms with Crippen molar-refractivity contribution in [3.63, 3.8) is 0 Å². The Hall–Kier alpha value is -2.64. The van der Waals surface area contributed by atoms with Gasteiger partial charge in [-0.05, 0) is 5.39 Å². The fourth-order valence-electron chi connectivity index (χ4n) is 3.26. The van der Waals surface area contributed by atoms with Crippen LogP contribution in [0.2, 0.25) is 0 Å². The number of nitrogens with zero attached hydrogens (tertiary/aromatic N) is 2. The SMILES string of the molecule is CN1C(=O)c2c3c(c4ccccc4c2C1=O)N(C)CCO3.COCCO. The third kappa shape index (κ3) is 2.79. The Morgan fingerprint density at radius 3 is 2.38 bits per heavy atom. The Bertz CT molecular complexity index is 863. The van der Waals surface area contributed by atoms with Crippen LogP contribution in [0.3, 0.4) is 0 Å². The first-order valence-corrected chi connectivity index (χ1v) is 8.37. The van der Waals surface area contributed by atoms with E-state index in [0.717, 1.165) is 27.9 Å². The van der Waals surface area contributed by atoms with Gasteiger partial charge in [-0.15, -0.1) is 0 Å². The molecule has 2 aliphatic rings. The Morgan fingerprint density at radius 2 is 1.77 bits per heavy atom. The van der Waals surface area contributed by atoms with Crippen LogP contribution in [-0.2, 0) is 4.74 Å². The zero-order valence-electron chi connectivity index (χ0n) is 15.1. The third-order valence-electron chi connectivity index (χ3n) is 4.53. The molecule has 4 rings (SSSR count). The van der Waals surface area contributed by atoms with Gasteiger partial charge < -0.3 is 19.5 Å². The standard InChI is InChI=1S/C16H14N2O3.C3H8O2/c1-17-7-8-21-14-12-11(15(19)18(2)16(12)20)9-5-3-4-6-10(9)13(14)17;1-5-3-2-4/h3-6H,7-8H2,1-2H3;4H,2-3H2,1H3.